The van der Waals surface area contributed by atoms with Crippen LogP contribution in [0.15, 0.2) is 18.2 Å². The van der Waals surface area contributed by atoms with Crippen molar-refractivity contribution >= 4 is 0 Å². The van der Waals surface area contributed by atoms with Gasteiger partial charge < -0.3 is 5.73 Å². The Balaban J connectivity index is 2.75. The van der Waals surface area contributed by atoms with Gasteiger partial charge in [-0.15, -0.1) is 0 Å². The fourth-order valence-corrected chi connectivity index (χ4v) is 1.77. The molecule has 3 heteroatoms. The number of rotatable bonds is 5. The predicted molar refractivity (Wildman–Crippen MR) is 70.1 cm³/mol. The van der Waals surface area contributed by atoms with Gasteiger partial charge in [-0.1, -0.05) is 26.0 Å². The Hall–Kier alpha value is -0.930. The van der Waals surface area contributed by atoms with Crippen molar-refractivity contribution in [2.24, 2.45) is 11.7 Å². The van der Waals surface area contributed by atoms with Crippen LogP contribution in [0.5, 0.6) is 0 Å². The van der Waals surface area contributed by atoms with Crippen molar-refractivity contribution in [3.63, 3.8) is 0 Å². The van der Waals surface area contributed by atoms with Gasteiger partial charge in [0.15, 0.2) is 0 Å². The summed E-state index contributed by atoms with van der Waals surface area (Å²) in [5, 5.41) is 0. The normalized spacial score (nSPS) is 13.4. The molecule has 0 heterocycles. The van der Waals surface area contributed by atoms with Crippen molar-refractivity contribution in [1.29, 1.82) is 0 Å². The van der Waals surface area contributed by atoms with Crippen LogP contribution in [-0.4, -0.2) is 18.0 Å². The van der Waals surface area contributed by atoms with Gasteiger partial charge in [0.2, 0.25) is 0 Å². The summed E-state index contributed by atoms with van der Waals surface area (Å²) in [6.45, 7) is 7.53. The summed E-state index contributed by atoms with van der Waals surface area (Å²) in [5.74, 6) is 0.405. The molecular weight excluding hydrogens is 215 g/mol. The molecule has 1 aromatic rings. The van der Waals surface area contributed by atoms with Crippen molar-refractivity contribution in [2.75, 3.05) is 7.05 Å². The van der Waals surface area contributed by atoms with Crippen molar-refractivity contribution in [3.8, 4) is 0 Å². The average Bonchev–Trinajstić information content (AvgIpc) is 2.30. The molecule has 0 fully saturated rings. The molecular formula is C14H23FN2. The molecule has 17 heavy (non-hydrogen) atoms. The van der Waals surface area contributed by atoms with Gasteiger partial charge >= 0.3 is 0 Å². The van der Waals surface area contributed by atoms with Crippen LogP contribution in [0.2, 0.25) is 0 Å². The van der Waals surface area contributed by atoms with Crippen molar-refractivity contribution < 1.29 is 4.39 Å². The summed E-state index contributed by atoms with van der Waals surface area (Å²) in [6, 6.07) is 5.69. The lowest BCUT2D eigenvalue weighted by Gasteiger charge is -2.28. The van der Waals surface area contributed by atoms with E-state index in [4.69, 9.17) is 5.73 Å². The van der Waals surface area contributed by atoms with E-state index in [9.17, 15) is 4.39 Å². The number of hydrogen-bond acceptors (Lipinski definition) is 2. The zero-order valence-electron chi connectivity index (χ0n) is 11.2. The van der Waals surface area contributed by atoms with Crippen molar-refractivity contribution in [2.45, 2.75) is 39.9 Å². The van der Waals surface area contributed by atoms with Gasteiger partial charge in [-0.2, -0.15) is 0 Å². The topological polar surface area (TPSA) is 29.3 Å². The summed E-state index contributed by atoms with van der Waals surface area (Å²) < 4.78 is 13.8. The Morgan fingerprint density at radius 1 is 1.29 bits per heavy atom. The lowest BCUT2D eigenvalue weighted by atomic mass is 10.0. The monoisotopic (exact) mass is 238 g/mol. The highest BCUT2D eigenvalue weighted by molar-refractivity contribution is 5.24. The van der Waals surface area contributed by atoms with E-state index in [1.165, 1.54) is 6.07 Å². The number of hydrogen-bond donors (Lipinski definition) is 1. The zero-order valence-corrected chi connectivity index (χ0v) is 11.2. The molecule has 0 aromatic heterocycles. The molecule has 1 aromatic carbocycles. The first kappa shape index (κ1) is 14.1. The van der Waals surface area contributed by atoms with Crippen LogP contribution in [0.1, 0.15) is 31.9 Å². The molecule has 1 rings (SSSR count). The van der Waals surface area contributed by atoms with Gasteiger partial charge in [-0.25, -0.2) is 4.39 Å². The Kier molecular flexibility index (Phi) is 5.09. The molecule has 0 bridgehead atoms. The van der Waals surface area contributed by atoms with E-state index in [0.29, 0.717) is 25.0 Å². The molecule has 0 aliphatic heterocycles. The second-order valence-corrected chi connectivity index (χ2v) is 5.03. The van der Waals surface area contributed by atoms with Crippen LogP contribution in [-0.2, 0) is 13.1 Å². The SMILES string of the molecule is CC(C)C(C)N(C)Cc1ccc(CN)cc1F. The molecule has 1 unspecified atom stereocenters. The maximum absolute atomic E-state index is 13.8. The minimum absolute atomic E-state index is 0.157. The fourth-order valence-electron chi connectivity index (χ4n) is 1.77. The lowest BCUT2D eigenvalue weighted by molar-refractivity contribution is 0.198. The van der Waals surface area contributed by atoms with E-state index in [0.717, 1.165) is 11.1 Å². The second kappa shape index (κ2) is 6.12. The fraction of sp³-hybridized carbons (Fsp3) is 0.571. The number of benzene rings is 1. The summed E-state index contributed by atoms with van der Waals surface area (Å²) in [4.78, 5) is 2.17. The second-order valence-electron chi connectivity index (χ2n) is 5.03. The maximum atomic E-state index is 13.8. The Labute approximate surface area is 104 Å². The summed E-state index contributed by atoms with van der Waals surface area (Å²) >= 11 is 0. The van der Waals surface area contributed by atoms with Gasteiger partial charge in [-0.05, 0) is 31.5 Å². The van der Waals surface area contributed by atoms with Crippen LogP contribution in [0.25, 0.3) is 0 Å². The summed E-state index contributed by atoms with van der Waals surface area (Å²) in [6.07, 6.45) is 0. The van der Waals surface area contributed by atoms with E-state index in [2.05, 4.69) is 25.7 Å². The molecule has 96 valence electrons. The smallest absolute Gasteiger partial charge is 0.128 e. The third-order valence-electron chi connectivity index (χ3n) is 3.43. The molecule has 0 aliphatic carbocycles. The van der Waals surface area contributed by atoms with E-state index in [-0.39, 0.29) is 5.82 Å². The average molecular weight is 238 g/mol. The molecule has 0 amide bonds. The van der Waals surface area contributed by atoms with Crippen LogP contribution in [0, 0.1) is 11.7 Å². The van der Waals surface area contributed by atoms with Crippen molar-refractivity contribution in [1.82, 2.24) is 4.90 Å². The molecule has 2 N–H and O–H groups in total. The highest BCUT2D eigenvalue weighted by Gasteiger charge is 2.14. The molecule has 1 atom stereocenters. The van der Waals surface area contributed by atoms with E-state index < -0.39 is 0 Å². The Morgan fingerprint density at radius 3 is 2.41 bits per heavy atom. The Morgan fingerprint density at radius 2 is 1.94 bits per heavy atom. The molecule has 2 nitrogen and oxygen atoms in total. The van der Waals surface area contributed by atoms with Crippen LogP contribution in [0.3, 0.4) is 0 Å². The molecule has 0 saturated heterocycles. The summed E-state index contributed by atoms with van der Waals surface area (Å²) in [7, 11) is 2.03. The number of halogens is 1. The first-order chi connectivity index (χ1) is 7.95. The van der Waals surface area contributed by atoms with E-state index >= 15 is 0 Å². The molecule has 0 saturated carbocycles. The summed E-state index contributed by atoms with van der Waals surface area (Å²) in [5.41, 5.74) is 7.05. The zero-order chi connectivity index (χ0) is 13.0. The van der Waals surface area contributed by atoms with Crippen LogP contribution >= 0.6 is 0 Å². The van der Waals surface area contributed by atoms with Gasteiger partial charge in [-0.3, -0.25) is 4.90 Å². The number of nitrogens with zero attached hydrogens (tertiary/aromatic N) is 1. The van der Waals surface area contributed by atoms with Crippen LogP contribution in [0.4, 0.5) is 4.39 Å². The van der Waals surface area contributed by atoms with Crippen LogP contribution < -0.4 is 5.73 Å². The van der Waals surface area contributed by atoms with Crippen molar-refractivity contribution in [3.05, 3.63) is 35.1 Å². The third kappa shape index (κ3) is 3.79. The molecule has 0 spiro atoms. The predicted octanol–water partition coefficient (Wildman–Crippen LogP) is 2.76. The van der Waals surface area contributed by atoms with Gasteiger partial charge in [0.05, 0.1) is 0 Å². The van der Waals surface area contributed by atoms with E-state index in [1.807, 2.05) is 19.2 Å². The highest BCUT2D eigenvalue weighted by Crippen LogP contribution is 2.16. The minimum Gasteiger partial charge on any atom is -0.326 e. The maximum Gasteiger partial charge on any atom is 0.128 e. The van der Waals surface area contributed by atoms with Gasteiger partial charge in [0.25, 0.3) is 0 Å². The van der Waals surface area contributed by atoms with Gasteiger partial charge in [0.1, 0.15) is 5.82 Å². The quantitative estimate of drug-likeness (QED) is 0.854. The Bertz CT molecular complexity index is 363. The first-order valence-electron chi connectivity index (χ1n) is 6.13. The first-order valence-corrected chi connectivity index (χ1v) is 6.13. The lowest BCUT2D eigenvalue weighted by Crippen LogP contribution is -2.32. The molecule has 0 radical (unpaired) electrons. The standard InChI is InChI=1S/C14H23FN2/c1-10(2)11(3)17(4)9-13-6-5-12(8-16)7-14(13)15/h5-7,10-11H,8-9,16H2,1-4H3. The highest BCUT2D eigenvalue weighted by atomic mass is 19.1. The molecule has 0 aliphatic rings. The minimum atomic E-state index is -0.157. The van der Waals surface area contributed by atoms with Gasteiger partial charge in [0, 0.05) is 24.7 Å². The number of nitrogens with two attached hydrogens (primary N) is 1. The van der Waals surface area contributed by atoms with E-state index in [1.54, 1.807) is 0 Å². The third-order valence-corrected chi connectivity index (χ3v) is 3.43. The largest absolute Gasteiger partial charge is 0.326 e.